The molecular formula is C22H22ClNO4S. The summed E-state index contributed by atoms with van der Waals surface area (Å²) >= 11 is 7.84. The van der Waals surface area contributed by atoms with Gasteiger partial charge < -0.3 is 14.4 Å². The van der Waals surface area contributed by atoms with Gasteiger partial charge in [-0.05, 0) is 47.6 Å². The van der Waals surface area contributed by atoms with E-state index >= 15 is 0 Å². The van der Waals surface area contributed by atoms with Crippen molar-refractivity contribution >= 4 is 29.3 Å². The molecule has 0 fully saturated rings. The average molecular weight is 432 g/mol. The molecule has 0 spiro atoms. The van der Waals surface area contributed by atoms with E-state index in [1.807, 2.05) is 30.5 Å². The molecular weight excluding hydrogens is 410 g/mol. The van der Waals surface area contributed by atoms with Crippen LogP contribution in [0.1, 0.15) is 54.4 Å². The lowest BCUT2D eigenvalue weighted by Crippen LogP contribution is -2.20. The van der Waals surface area contributed by atoms with Crippen LogP contribution in [0.3, 0.4) is 0 Å². The van der Waals surface area contributed by atoms with Crippen molar-refractivity contribution in [3.05, 3.63) is 79.1 Å². The van der Waals surface area contributed by atoms with Crippen molar-refractivity contribution in [2.24, 2.45) is 13.0 Å². The molecule has 2 aromatic rings. The second-order valence-corrected chi connectivity index (χ2v) is 9.42. The summed E-state index contributed by atoms with van der Waals surface area (Å²) < 4.78 is 8.04. The first-order valence-corrected chi connectivity index (χ1v) is 10.7. The number of halogens is 1. The molecule has 4 atom stereocenters. The van der Waals surface area contributed by atoms with Gasteiger partial charge in [0.25, 0.3) is 5.56 Å². The molecule has 7 heteroatoms. The Kier molecular flexibility index (Phi) is 5.36. The molecule has 0 amide bonds. The van der Waals surface area contributed by atoms with Gasteiger partial charge in [0.05, 0.1) is 18.6 Å². The summed E-state index contributed by atoms with van der Waals surface area (Å²) in [7, 11) is 1.72. The number of aryl methyl sites for hydroxylation is 1. The first-order valence-electron chi connectivity index (χ1n) is 9.43. The molecule has 2 aliphatic heterocycles. The molecule has 1 aromatic carbocycles. The van der Waals surface area contributed by atoms with Crippen LogP contribution in [0.25, 0.3) is 0 Å². The fourth-order valence-corrected chi connectivity index (χ4v) is 5.88. The zero-order valence-electron chi connectivity index (χ0n) is 16.4. The summed E-state index contributed by atoms with van der Waals surface area (Å²) in [5.41, 5.74) is 3.66. The summed E-state index contributed by atoms with van der Waals surface area (Å²) in [6.45, 7) is 4.21. The molecule has 0 saturated carbocycles. The summed E-state index contributed by atoms with van der Waals surface area (Å²) in [6, 6.07) is 9.05. The molecule has 0 saturated heterocycles. The first kappa shape index (κ1) is 20.3. The smallest absolute Gasteiger partial charge is 0.306 e. The van der Waals surface area contributed by atoms with Gasteiger partial charge in [0, 0.05) is 35.5 Å². The minimum absolute atomic E-state index is 0.0382. The molecule has 152 valence electrons. The van der Waals surface area contributed by atoms with Gasteiger partial charge in [0.2, 0.25) is 0 Å². The second-order valence-electron chi connectivity index (χ2n) is 7.63. The number of aliphatic carboxylic acids is 1. The van der Waals surface area contributed by atoms with Crippen LogP contribution in [0.15, 0.2) is 51.8 Å². The summed E-state index contributed by atoms with van der Waals surface area (Å²) in [5.74, 6) is -0.920. The van der Waals surface area contributed by atoms with Crippen molar-refractivity contribution in [1.82, 2.24) is 4.57 Å². The van der Waals surface area contributed by atoms with Gasteiger partial charge in [0.1, 0.15) is 0 Å². The largest absolute Gasteiger partial charge is 0.481 e. The normalized spacial score (nSPS) is 26.1. The number of hydrogen-bond donors (Lipinski definition) is 1. The number of thioether (sulfide) groups is 1. The van der Waals surface area contributed by atoms with Crippen LogP contribution in [-0.2, 0) is 16.6 Å². The zero-order valence-corrected chi connectivity index (χ0v) is 18.0. The number of carboxylic acid groups (broad SMARTS) is 1. The van der Waals surface area contributed by atoms with Crippen molar-refractivity contribution in [2.45, 2.75) is 37.7 Å². The lowest BCUT2D eigenvalue weighted by atomic mass is 9.84. The summed E-state index contributed by atoms with van der Waals surface area (Å²) in [4.78, 5) is 25.2. The topological polar surface area (TPSA) is 68.5 Å². The molecule has 0 radical (unpaired) electrons. The van der Waals surface area contributed by atoms with Crippen molar-refractivity contribution in [2.75, 3.05) is 0 Å². The summed E-state index contributed by atoms with van der Waals surface area (Å²) in [6.07, 6.45) is 0.614. The highest BCUT2D eigenvalue weighted by Gasteiger charge is 2.45. The van der Waals surface area contributed by atoms with Gasteiger partial charge in [-0.15, -0.1) is 11.8 Å². The van der Waals surface area contributed by atoms with Crippen molar-refractivity contribution in [3.63, 3.8) is 0 Å². The van der Waals surface area contributed by atoms with Gasteiger partial charge in [-0.25, -0.2) is 0 Å². The Morgan fingerprint density at radius 2 is 1.93 bits per heavy atom. The molecule has 1 aromatic heterocycles. The van der Waals surface area contributed by atoms with Crippen LogP contribution in [-0.4, -0.2) is 15.6 Å². The van der Waals surface area contributed by atoms with Crippen LogP contribution in [0.5, 0.6) is 0 Å². The maximum absolute atomic E-state index is 12.4. The molecule has 2 aliphatic rings. The predicted octanol–water partition coefficient (Wildman–Crippen LogP) is 5.02. The fraction of sp³-hybridized carbons (Fsp3) is 0.364. The lowest BCUT2D eigenvalue weighted by molar-refractivity contribution is -0.142. The highest BCUT2D eigenvalue weighted by atomic mass is 35.5. The first-order chi connectivity index (χ1) is 13.8. The Bertz CT molecular complexity index is 1060. The highest BCUT2D eigenvalue weighted by Crippen LogP contribution is 2.60. The molecule has 1 N–H and O–H groups in total. The number of ether oxygens (including phenoxy) is 1. The van der Waals surface area contributed by atoms with Crippen LogP contribution >= 0.6 is 23.4 Å². The van der Waals surface area contributed by atoms with E-state index < -0.39 is 12.1 Å². The molecule has 4 unspecified atom stereocenters. The molecule has 3 heterocycles. The lowest BCUT2D eigenvalue weighted by Gasteiger charge is -2.29. The number of carbonyl (C=O) groups is 1. The minimum atomic E-state index is -0.959. The van der Waals surface area contributed by atoms with Crippen molar-refractivity contribution in [1.29, 1.82) is 0 Å². The monoisotopic (exact) mass is 431 g/mol. The maximum atomic E-state index is 12.4. The Hall–Kier alpha value is -2.02. The van der Waals surface area contributed by atoms with E-state index in [0.717, 1.165) is 11.1 Å². The predicted molar refractivity (Wildman–Crippen MR) is 114 cm³/mol. The quantitative estimate of drug-likeness (QED) is 0.738. The number of rotatable bonds is 3. The summed E-state index contributed by atoms with van der Waals surface area (Å²) in [5, 5.41) is 10.2. The van der Waals surface area contributed by atoms with E-state index in [1.54, 1.807) is 23.4 Å². The van der Waals surface area contributed by atoms with Crippen LogP contribution in [0, 0.1) is 5.92 Å². The standard InChI is InChI=1S/C22H22ClNO4S/c1-11-12(2)29-22-16-10-24(3)18(25)8-15(16)17(9-19(26)27)28-21(20(11)22)13-4-6-14(23)7-5-13/h4-8,10,17,20-22H,9H2,1-3H3,(H,26,27). The molecule has 29 heavy (non-hydrogen) atoms. The van der Waals surface area contributed by atoms with Crippen molar-refractivity contribution in [3.8, 4) is 0 Å². The van der Waals surface area contributed by atoms with Gasteiger partial charge in [0.15, 0.2) is 0 Å². The van der Waals surface area contributed by atoms with Gasteiger partial charge in [-0.2, -0.15) is 0 Å². The Morgan fingerprint density at radius 1 is 1.24 bits per heavy atom. The Balaban J connectivity index is 1.92. The second kappa shape index (κ2) is 7.67. The zero-order chi connectivity index (χ0) is 20.9. The van der Waals surface area contributed by atoms with Crippen LogP contribution in [0.4, 0.5) is 0 Å². The fourth-order valence-electron chi connectivity index (χ4n) is 4.23. The van der Waals surface area contributed by atoms with Gasteiger partial charge in [-0.1, -0.05) is 29.3 Å². The minimum Gasteiger partial charge on any atom is -0.481 e. The number of aromatic nitrogens is 1. The number of allylic oxidation sites excluding steroid dienone is 1. The number of benzene rings is 1. The SMILES string of the molecule is CC1=C(C)C2C(c3ccc(Cl)cc3)OC(CC(=O)O)c3cc(=O)n(C)cc3C2S1. The van der Waals surface area contributed by atoms with Gasteiger partial charge in [-0.3, -0.25) is 9.59 Å². The van der Waals surface area contributed by atoms with E-state index in [0.29, 0.717) is 10.6 Å². The van der Waals surface area contributed by atoms with Crippen molar-refractivity contribution < 1.29 is 14.6 Å². The molecule has 0 aliphatic carbocycles. The number of hydrogen-bond acceptors (Lipinski definition) is 4. The van der Waals surface area contributed by atoms with E-state index in [4.69, 9.17) is 16.3 Å². The molecule has 5 nitrogen and oxygen atoms in total. The Morgan fingerprint density at radius 3 is 2.59 bits per heavy atom. The van der Waals surface area contributed by atoms with Gasteiger partial charge >= 0.3 is 5.97 Å². The van der Waals surface area contributed by atoms with Crippen LogP contribution < -0.4 is 5.56 Å². The number of carboxylic acids is 1. The number of pyridine rings is 1. The number of fused-ring (bicyclic) bond motifs is 3. The highest BCUT2D eigenvalue weighted by molar-refractivity contribution is 8.03. The number of nitrogens with zero attached hydrogens (tertiary/aromatic N) is 1. The van der Waals surface area contributed by atoms with E-state index in [2.05, 4.69) is 13.8 Å². The molecule has 0 bridgehead atoms. The van der Waals surface area contributed by atoms with E-state index in [1.165, 1.54) is 16.5 Å². The third-order valence-electron chi connectivity index (χ3n) is 5.83. The third kappa shape index (κ3) is 3.65. The van der Waals surface area contributed by atoms with E-state index in [-0.39, 0.29) is 29.3 Å². The average Bonchev–Trinajstić information content (AvgIpc) is 2.89. The third-order valence-corrected chi connectivity index (χ3v) is 7.56. The van der Waals surface area contributed by atoms with E-state index in [9.17, 15) is 14.7 Å². The molecule has 4 rings (SSSR count). The Labute approximate surface area is 178 Å². The van der Waals surface area contributed by atoms with Crippen LogP contribution in [0.2, 0.25) is 5.02 Å². The maximum Gasteiger partial charge on any atom is 0.306 e.